The molecule has 0 spiro atoms. The van der Waals surface area contributed by atoms with Gasteiger partial charge in [0.15, 0.2) is 0 Å². The Hall–Kier alpha value is -1.89. The van der Waals surface area contributed by atoms with Gasteiger partial charge in [-0.05, 0) is 13.3 Å². The van der Waals surface area contributed by atoms with E-state index in [1.807, 2.05) is 6.92 Å². The molecule has 0 aromatic carbocycles. The van der Waals surface area contributed by atoms with Crippen molar-refractivity contribution in [2.75, 3.05) is 6.61 Å². The number of aryl methyl sites for hydroxylation is 2. The van der Waals surface area contributed by atoms with Crippen LogP contribution in [0, 0.1) is 6.92 Å². The number of nitrogens with one attached hydrogen (secondary N) is 1. The second-order valence-corrected chi connectivity index (χ2v) is 3.79. The summed E-state index contributed by atoms with van der Waals surface area (Å²) in [4.78, 5) is 22.8. The molecule has 0 saturated heterocycles. The van der Waals surface area contributed by atoms with Crippen LogP contribution < -0.4 is 5.32 Å². The van der Waals surface area contributed by atoms with Crippen molar-refractivity contribution in [2.45, 2.75) is 32.7 Å². The fraction of sp³-hybridized carbons (Fsp3) is 0.545. The minimum absolute atomic E-state index is 0.0488. The van der Waals surface area contributed by atoms with E-state index in [1.54, 1.807) is 6.92 Å². The summed E-state index contributed by atoms with van der Waals surface area (Å²) in [5.41, 5.74) is 0.750. The van der Waals surface area contributed by atoms with Crippen LogP contribution in [0.25, 0.3) is 0 Å². The molecule has 0 aliphatic heterocycles. The van der Waals surface area contributed by atoms with Gasteiger partial charge in [0.05, 0.1) is 5.69 Å². The van der Waals surface area contributed by atoms with Gasteiger partial charge >= 0.3 is 5.97 Å². The van der Waals surface area contributed by atoms with Gasteiger partial charge in [-0.15, -0.1) is 0 Å². The van der Waals surface area contributed by atoms with Crippen molar-refractivity contribution in [3.8, 4) is 0 Å². The van der Waals surface area contributed by atoms with Gasteiger partial charge in [0.1, 0.15) is 17.4 Å². The lowest BCUT2D eigenvalue weighted by Gasteiger charge is -2.12. The molecule has 0 aliphatic rings. The summed E-state index contributed by atoms with van der Waals surface area (Å²) in [6, 6.07) is -1.12. The molecule has 0 aliphatic carbocycles. The van der Waals surface area contributed by atoms with E-state index >= 15 is 0 Å². The molecule has 1 heterocycles. The lowest BCUT2D eigenvalue weighted by atomic mass is 10.1. The number of hydrogen-bond donors (Lipinski definition) is 3. The van der Waals surface area contributed by atoms with Crippen LogP contribution in [0.4, 0.5) is 0 Å². The molecule has 7 nitrogen and oxygen atoms in total. The second kappa shape index (κ2) is 6.15. The SMILES string of the molecule is CCc1noc(C)c1C(=O)NC(CCO)C(=O)O. The van der Waals surface area contributed by atoms with Crippen LogP contribution >= 0.6 is 0 Å². The minimum Gasteiger partial charge on any atom is -0.480 e. The fourth-order valence-corrected chi connectivity index (χ4v) is 1.57. The summed E-state index contributed by atoms with van der Waals surface area (Å²) in [6.45, 7) is 3.08. The lowest BCUT2D eigenvalue weighted by Crippen LogP contribution is -2.41. The van der Waals surface area contributed by atoms with E-state index in [4.69, 9.17) is 14.7 Å². The van der Waals surface area contributed by atoms with Crippen molar-refractivity contribution in [3.05, 3.63) is 17.0 Å². The number of carbonyl (C=O) groups excluding carboxylic acids is 1. The molecule has 18 heavy (non-hydrogen) atoms. The molecule has 1 atom stereocenters. The number of nitrogens with zero attached hydrogens (tertiary/aromatic N) is 1. The molecule has 1 amide bonds. The Kier molecular flexibility index (Phi) is 4.85. The first-order valence-corrected chi connectivity index (χ1v) is 5.60. The summed E-state index contributed by atoms with van der Waals surface area (Å²) in [5, 5.41) is 23.7. The average molecular weight is 256 g/mol. The molecule has 3 N–H and O–H groups in total. The molecule has 7 heteroatoms. The summed E-state index contributed by atoms with van der Waals surface area (Å²) in [7, 11) is 0. The molecule has 0 bridgehead atoms. The highest BCUT2D eigenvalue weighted by atomic mass is 16.5. The Labute approximate surface area is 104 Å². The van der Waals surface area contributed by atoms with Crippen molar-refractivity contribution in [3.63, 3.8) is 0 Å². The zero-order valence-electron chi connectivity index (χ0n) is 10.3. The van der Waals surface area contributed by atoms with E-state index in [1.165, 1.54) is 0 Å². The quantitative estimate of drug-likeness (QED) is 0.666. The van der Waals surface area contributed by atoms with Gasteiger partial charge in [0.2, 0.25) is 0 Å². The normalized spacial score (nSPS) is 12.2. The number of carboxylic acids is 1. The predicted octanol–water partition coefficient (Wildman–Crippen LogP) is 0.111. The molecule has 100 valence electrons. The third-order valence-corrected chi connectivity index (χ3v) is 2.52. The molecule has 0 fully saturated rings. The molecular weight excluding hydrogens is 240 g/mol. The van der Waals surface area contributed by atoms with E-state index < -0.39 is 17.9 Å². The Balaban J connectivity index is 2.86. The zero-order valence-corrected chi connectivity index (χ0v) is 10.3. The lowest BCUT2D eigenvalue weighted by molar-refractivity contribution is -0.139. The highest BCUT2D eigenvalue weighted by Gasteiger charge is 2.24. The van der Waals surface area contributed by atoms with Crippen molar-refractivity contribution < 1.29 is 24.3 Å². The van der Waals surface area contributed by atoms with Crippen LogP contribution in [0.5, 0.6) is 0 Å². The van der Waals surface area contributed by atoms with Gasteiger partial charge in [-0.3, -0.25) is 4.79 Å². The number of aliphatic hydroxyl groups excluding tert-OH is 1. The number of rotatable bonds is 6. The zero-order chi connectivity index (χ0) is 13.7. The van der Waals surface area contributed by atoms with Crippen molar-refractivity contribution in [1.82, 2.24) is 10.5 Å². The first-order chi connectivity index (χ1) is 8.51. The van der Waals surface area contributed by atoms with Crippen LogP contribution in [0.3, 0.4) is 0 Å². The largest absolute Gasteiger partial charge is 0.480 e. The third kappa shape index (κ3) is 3.07. The van der Waals surface area contributed by atoms with E-state index in [0.717, 1.165) is 0 Å². The van der Waals surface area contributed by atoms with Gasteiger partial charge in [-0.25, -0.2) is 4.79 Å². The standard InChI is InChI=1S/C11H16N2O5/c1-3-7-9(6(2)18-13-7)10(15)12-8(4-5-14)11(16)17/h8,14H,3-5H2,1-2H3,(H,12,15)(H,16,17). The van der Waals surface area contributed by atoms with Crippen LogP contribution in [-0.4, -0.2) is 39.9 Å². The molecule has 1 rings (SSSR count). The maximum Gasteiger partial charge on any atom is 0.326 e. The first-order valence-electron chi connectivity index (χ1n) is 5.60. The Morgan fingerprint density at radius 3 is 2.67 bits per heavy atom. The average Bonchev–Trinajstić information content (AvgIpc) is 2.69. The molecule has 0 saturated carbocycles. The van der Waals surface area contributed by atoms with E-state index in [9.17, 15) is 9.59 Å². The number of carboxylic acid groups (broad SMARTS) is 1. The monoisotopic (exact) mass is 256 g/mol. The predicted molar refractivity (Wildman–Crippen MR) is 61.2 cm³/mol. The Bertz CT molecular complexity index is 441. The van der Waals surface area contributed by atoms with Crippen molar-refractivity contribution >= 4 is 11.9 Å². The van der Waals surface area contributed by atoms with Gasteiger partial charge < -0.3 is 20.1 Å². The van der Waals surface area contributed by atoms with Crippen molar-refractivity contribution in [2.24, 2.45) is 0 Å². The number of aliphatic hydroxyl groups is 1. The van der Waals surface area contributed by atoms with E-state index in [-0.39, 0.29) is 18.6 Å². The van der Waals surface area contributed by atoms with Crippen molar-refractivity contribution in [1.29, 1.82) is 0 Å². The molecule has 1 unspecified atom stereocenters. The topological polar surface area (TPSA) is 113 Å². The molecule has 1 aromatic heterocycles. The Morgan fingerprint density at radius 1 is 1.50 bits per heavy atom. The summed E-state index contributed by atoms with van der Waals surface area (Å²) in [5.74, 6) is -1.39. The summed E-state index contributed by atoms with van der Waals surface area (Å²) < 4.78 is 4.90. The van der Waals surface area contributed by atoms with Crippen LogP contribution in [-0.2, 0) is 11.2 Å². The summed E-state index contributed by atoms with van der Waals surface area (Å²) >= 11 is 0. The number of aromatic nitrogens is 1. The van der Waals surface area contributed by atoms with Gasteiger partial charge in [-0.1, -0.05) is 12.1 Å². The van der Waals surface area contributed by atoms with E-state index in [2.05, 4.69) is 10.5 Å². The smallest absolute Gasteiger partial charge is 0.326 e. The Morgan fingerprint density at radius 2 is 2.17 bits per heavy atom. The maximum absolute atomic E-state index is 11.9. The number of amides is 1. The third-order valence-electron chi connectivity index (χ3n) is 2.52. The molecule has 1 aromatic rings. The maximum atomic E-state index is 11.9. The van der Waals surface area contributed by atoms with Gasteiger partial charge in [0, 0.05) is 13.0 Å². The van der Waals surface area contributed by atoms with Gasteiger partial charge in [0.25, 0.3) is 5.91 Å². The van der Waals surface area contributed by atoms with Crippen LogP contribution in [0.15, 0.2) is 4.52 Å². The second-order valence-electron chi connectivity index (χ2n) is 3.79. The fourth-order valence-electron chi connectivity index (χ4n) is 1.57. The number of hydrogen-bond acceptors (Lipinski definition) is 5. The first kappa shape index (κ1) is 14.2. The summed E-state index contributed by atoms with van der Waals surface area (Å²) in [6.07, 6.45) is 0.463. The number of aliphatic carboxylic acids is 1. The highest BCUT2D eigenvalue weighted by molar-refractivity contribution is 5.98. The van der Waals surface area contributed by atoms with Gasteiger partial charge in [-0.2, -0.15) is 0 Å². The van der Waals surface area contributed by atoms with E-state index in [0.29, 0.717) is 17.9 Å². The highest BCUT2D eigenvalue weighted by Crippen LogP contribution is 2.14. The number of carbonyl (C=O) groups is 2. The van der Waals surface area contributed by atoms with Crippen LogP contribution in [0.1, 0.15) is 35.2 Å². The minimum atomic E-state index is -1.19. The molecule has 0 radical (unpaired) electrons. The molecular formula is C11H16N2O5. The van der Waals surface area contributed by atoms with Crippen LogP contribution in [0.2, 0.25) is 0 Å².